The van der Waals surface area contributed by atoms with Crippen LogP contribution < -0.4 is 0 Å². The highest BCUT2D eigenvalue weighted by Gasteiger charge is 2.24. The first-order valence-electron chi connectivity index (χ1n) is 6.42. The minimum absolute atomic E-state index is 0.199. The Kier molecular flexibility index (Phi) is 2.94. The molecule has 2 aromatic rings. The maximum Gasteiger partial charge on any atom is 0.339 e. The largest absolute Gasteiger partial charge is 0.478 e. The summed E-state index contributed by atoms with van der Waals surface area (Å²) in [5.41, 5.74) is 0.628. The van der Waals surface area contributed by atoms with Crippen molar-refractivity contribution in [1.82, 2.24) is 19.5 Å². The van der Waals surface area contributed by atoms with Gasteiger partial charge in [-0.25, -0.2) is 4.79 Å². The zero-order valence-corrected chi connectivity index (χ0v) is 10.8. The van der Waals surface area contributed by atoms with Crippen molar-refractivity contribution in [3.8, 4) is 0 Å². The minimum Gasteiger partial charge on any atom is -0.478 e. The predicted octanol–water partition coefficient (Wildman–Crippen LogP) is 1.24. The summed E-state index contributed by atoms with van der Waals surface area (Å²) in [4.78, 5) is 13.4. The molecular weight excluding hydrogens is 244 g/mol. The number of piperidine rings is 1. The van der Waals surface area contributed by atoms with E-state index in [1.807, 2.05) is 10.6 Å². The van der Waals surface area contributed by atoms with Crippen molar-refractivity contribution in [2.45, 2.75) is 18.8 Å². The van der Waals surface area contributed by atoms with Gasteiger partial charge in [0.15, 0.2) is 5.65 Å². The Morgan fingerprint density at radius 2 is 2.32 bits per heavy atom. The lowest BCUT2D eigenvalue weighted by atomic mass is 9.98. The summed E-state index contributed by atoms with van der Waals surface area (Å²) in [7, 11) is 2.10. The number of hydrogen-bond acceptors (Lipinski definition) is 4. The Hall–Kier alpha value is -1.95. The average molecular weight is 260 g/mol. The first kappa shape index (κ1) is 12.1. The molecule has 3 heterocycles. The number of carboxylic acid groups (broad SMARTS) is 1. The molecule has 3 rings (SSSR count). The molecule has 0 amide bonds. The monoisotopic (exact) mass is 260 g/mol. The third-order valence-corrected chi connectivity index (χ3v) is 3.68. The summed E-state index contributed by atoms with van der Waals surface area (Å²) in [6, 6.07) is 3.29. The number of hydrogen-bond donors (Lipinski definition) is 1. The Bertz CT molecular complexity index is 622. The number of nitrogens with zero attached hydrogens (tertiary/aromatic N) is 4. The van der Waals surface area contributed by atoms with E-state index in [9.17, 15) is 4.79 Å². The zero-order chi connectivity index (χ0) is 13.4. The van der Waals surface area contributed by atoms with Gasteiger partial charge >= 0.3 is 5.97 Å². The lowest BCUT2D eigenvalue weighted by Gasteiger charge is -2.28. The molecule has 0 saturated carbocycles. The second kappa shape index (κ2) is 4.62. The van der Waals surface area contributed by atoms with Crippen LogP contribution in [0.15, 0.2) is 18.3 Å². The normalized spacial score (nSPS) is 20.8. The molecule has 19 heavy (non-hydrogen) atoms. The number of aromatic carboxylic acids is 1. The fraction of sp³-hybridized carbons (Fsp3) is 0.462. The second-order valence-corrected chi connectivity index (χ2v) is 5.08. The molecule has 6 nitrogen and oxygen atoms in total. The molecule has 0 aliphatic carbocycles. The molecule has 1 atom stereocenters. The van der Waals surface area contributed by atoms with E-state index in [4.69, 9.17) is 5.11 Å². The van der Waals surface area contributed by atoms with Crippen molar-refractivity contribution < 1.29 is 9.90 Å². The van der Waals surface area contributed by atoms with Crippen molar-refractivity contribution in [3.63, 3.8) is 0 Å². The molecule has 1 saturated heterocycles. The molecule has 1 aliphatic rings. The summed E-state index contributed by atoms with van der Waals surface area (Å²) < 4.78 is 1.81. The molecule has 100 valence electrons. The number of likely N-dealkylation sites (N-methyl/N-ethyl adjacent to an activating group) is 1. The molecule has 0 spiro atoms. The van der Waals surface area contributed by atoms with Gasteiger partial charge in [0, 0.05) is 18.7 Å². The number of fused-ring (bicyclic) bond motifs is 1. The summed E-state index contributed by atoms with van der Waals surface area (Å²) in [6.07, 6.45) is 4.04. The van der Waals surface area contributed by atoms with Crippen LogP contribution >= 0.6 is 0 Å². The van der Waals surface area contributed by atoms with Crippen LogP contribution in [0.1, 0.15) is 34.9 Å². The Balaban J connectivity index is 2.05. The third-order valence-electron chi connectivity index (χ3n) is 3.68. The summed E-state index contributed by atoms with van der Waals surface area (Å²) in [5.74, 6) is 0.216. The van der Waals surface area contributed by atoms with Crippen LogP contribution in [0.4, 0.5) is 0 Å². The number of likely N-dealkylation sites (tertiary alicyclic amines) is 1. The zero-order valence-electron chi connectivity index (χ0n) is 10.8. The van der Waals surface area contributed by atoms with Gasteiger partial charge in [0.1, 0.15) is 11.4 Å². The highest BCUT2D eigenvalue weighted by atomic mass is 16.4. The van der Waals surface area contributed by atoms with Crippen molar-refractivity contribution in [2.75, 3.05) is 20.1 Å². The fourth-order valence-corrected chi connectivity index (χ4v) is 2.76. The van der Waals surface area contributed by atoms with Gasteiger partial charge in [-0.15, -0.1) is 10.2 Å². The molecule has 0 aromatic carbocycles. The first-order chi connectivity index (χ1) is 9.16. The molecule has 6 heteroatoms. The standard InChI is InChI=1S/C13H16N4O2/c1-16-6-2-4-9(8-16)11-14-15-12-10(13(18)19)5-3-7-17(11)12/h3,5,7,9H,2,4,6,8H2,1H3,(H,18,19). The van der Waals surface area contributed by atoms with Gasteiger partial charge < -0.3 is 10.0 Å². The lowest BCUT2D eigenvalue weighted by Crippen LogP contribution is -2.31. The van der Waals surface area contributed by atoms with E-state index in [0.717, 1.165) is 31.8 Å². The molecule has 1 N–H and O–H groups in total. The summed E-state index contributed by atoms with van der Waals surface area (Å²) >= 11 is 0. The maximum atomic E-state index is 11.2. The quantitative estimate of drug-likeness (QED) is 0.879. The van der Waals surface area contributed by atoms with Gasteiger partial charge in [-0.3, -0.25) is 4.40 Å². The minimum atomic E-state index is -0.967. The second-order valence-electron chi connectivity index (χ2n) is 5.08. The average Bonchev–Trinajstić information content (AvgIpc) is 2.82. The number of carbonyl (C=O) groups is 1. The van der Waals surface area contributed by atoms with E-state index >= 15 is 0 Å². The van der Waals surface area contributed by atoms with Gasteiger partial charge in [0.25, 0.3) is 0 Å². The summed E-state index contributed by atoms with van der Waals surface area (Å²) in [6.45, 7) is 2.05. The lowest BCUT2D eigenvalue weighted by molar-refractivity contribution is 0.0698. The van der Waals surface area contributed by atoms with Crippen LogP contribution in [-0.4, -0.2) is 50.7 Å². The van der Waals surface area contributed by atoms with Crippen molar-refractivity contribution >= 4 is 11.6 Å². The van der Waals surface area contributed by atoms with Crippen LogP contribution in [-0.2, 0) is 0 Å². The number of pyridine rings is 1. The van der Waals surface area contributed by atoms with Crippen LogP contribution in [0.3, 0.4) is 0 Å². The smallest absolute Gasteiger partial charge is 0.339 e. The highest BCUT2D eigenvalue weighted by molar-refractivity contribution is 5.94. The number of carboxylic acids is 1. The SMILES string of the molecule is CN1CCCC(c2nnc3c(C(=O)O)cccn23)C1. The molecule has 1 fully saturated rings. The van der Waals surface area contributed by atoms with E-state index in [0.29, 0.717) is 11.6 Å². The number of rotatable bonds is 2. The van der Waals surface area contributed by atoms with E-state index in [1.165, 1.54) is 0 Å². The fourth-order valence-electron chi connectivity index (χ4n) is 2.76. The maximum absolute atomic E-state index is 11.2. The molecule has 2 aromatic heterocycles. The van der Waals surface area contributed by atoms with Crippen molar-refractivity contribution in [1.29, 1.82) is 0 Å². The molecule has 1 unspecified atom stereocenters. The van der Waals surface area contributed by atoms with Crippen LogP contribution in [0.25, 0.3) is 5.65 Å². The first-order valence-corrected chi connectivity index (χ1v) is 6.42. The Morgan fingerprint density at radius 3 is 3.05 bits per heavy atom. The van der Waals surface area contributed by atoms with E-state index in [2.05, 4.69) is 22.1 Å². The molecular formula is C13H16N4O2. The highest BCUT2D eigenvalue weighted by Crippen LogP contribution is 2.25. The molecule has 1 aliphatic heterocycles. The molecule has 0 radical (unpaired) electrons. The Morgan fingerprint density at radius 1 is 1.47 bits per heavy atom. The summed E-state index contributed by atoms with van der Waals surface area (Å²) in [5, 5.41) is 17.4. The van der Waals surface area contributed by atoms with E-state index in [-0.39, 0.29) is 5.56 Å². The number of aromatic nitrogens is 3. The molecule has 0 bridgehead atoms. The van der Waals surface area contributed by atoms with Gasteiger partial charge in [0.05, 0.1) is 0 Å². The van der Waals surface area contributed by atoms with Gasteiger partial charge in [-0.2, -0.15) is 0 Å². The topological polar surface area (TPSA) is 70.7 Å². The van der Waals surface area contributed by atoms with E-state index in [1.54, 1.807) is 12.1 Å². The van der Waals surface area contributed by atoms with Crippen LogP contribution in [0.2, 0.25) is 0 Å². The van der Waals surface area contributed by atoms with Crippen molar-refractivity contribution in [2.24, 2.45) is 0 Å². The Labute approximate surface area is 110 Å². The van der Waals surface area contributed by atoms with E-state index < -0.39 is 5.97 Å². The third kappa shape index (κ3) is 2.08. The van der Waals surface area contributed by atoms with Crippen LogP contribution in [0, 0.1) is 0 Å². The van der Waals surface area contributed by atoms with Gasteiger partial charge in [-0.1, -0.05) is 0 Å². The van der Waals surface area contributed by atoms with Gasteiger partial charge in [0.2, 0.25) is 0 Å². The van der Waals surface area contributed by atoms with Gasteiger partial charge in [-0.05, 0) is 38.6 Å². The van der Waals surface area contributed by atoms with Crippen LogP contribution in [0.5, 0.6) is 0 Å². The van der Waals surface area contributed by atoms with Crippen molar-refractivity contribution in [3.05, 3.63) is 29.7 Å². The predicted molar refractivity (Wildman–Crippen MR) is 69.4 cm³/mol.